The van der Waals surface area contributed by atoms with E-state index in [9.17, 15) is 28.5 Å². The Morgan fingerprint density at radius 3 is 2.72 bits per heavy atom. The highest BCUT2D eigenvalue weighted by atomic mass is 32.2. The minimum Gasteiger partial charge on any atom is -0.477 e. The topological polar surface area (TPSA) is 130 Å². The smallest absolute Gasteiger partial charge is 0.352 e. The monoisotopic (exact) mass is 458 g/mol. The predicted octanol–water partition coefficient (Wildman–Crippen LogP) is 0.299. The summed E-state index contributed by atoms with van der Waals surface area (Å²) in [5.74, 6) is -3.00. The van der Waals surface area contributed by atoms with Gasteiger partial charge in [0.25, 0.3) is 5.91 Å². The first kappa shape index (κ1) is 21.5. The first-order valence-corrected chi connectivity index (χ1v) is 11.9. The number of carboxylic acid groups (broad SMARTS) is 1. The van der Waals surface area contributed by atoms with Gasteiger partial charge in [-0.25, -0.2) is 4.79 Å². The zero-order valence-corrected chi connectivity index (χ0v) is 17.9. The van der Waals surface area contributed by atoms with E-state index >= 15 is 0 Å². The minimum absolute atomic E-state index is 0.0284. The highest BCUT2D eigenvalue weighted by Gasteiger charge is 2.68. The van der Waals surface area contributed by atoms with Crippen LogP contribution in [0.5, 0.6) is 0 Å². The highest BCUT2D eigenvalue weighted by Crippen LogP contribution is 2.47. The number of carboxylic acids is 1. The molecule has 0 saturated carbocycles. The summed E-state index contributed by atoms with van der Waals surface area (Å²) in [4.78, 5) is 48.5. The van der Waals surface area contributed by atoms with Gasteiger partial charge < -0.3 is 15.2 Å². The van der Waals surface area contributed by atoms with Gasteiger partial charge in [-0.2, -0.15) is 0 Å². The fourth-order valence-electron chi connectivity index (χ4n) is 3.16. The number of hydrogen-bond acceptors (Lipinski definition) is 8. The number of rotatable bonds is 7. The molecule has 29 heavy (non-hydrogen) atoms. The molecule has 0 aromatic carbocycles. The summed E-state index contributed by atoms with van der Waals surface area (Å²) in [5, 5.41) is 13.2. The van der Waals surface area contributed by atoms with Crippen molar-refractivity contribution in [3.63, 3.8) is 0 Å². The molecule has 1 aromatic heterocycles. The normalized spacial score (nSPS) is 24.4. The lowest BCUT2D eigenvalue weighted by Crippen LogP contribution is -2.81. The SMILES string of the molecule is CC(=O)OCC1=C(C(=O)O)N2C(=O)C(NC(=O)Cc3cccs3)(S(C)=O)[C@H]2SC1. The number of nitrogens with zero attached hydrogens (tertiary/aromatic N) is 1. The van der Waals surface area contributed by atoms with Crippen molar-refractivity contribution in [3.8, 4) is 0 Å². The van der Waals surface area contributed by atoms with Gasteiger partial charge in [-0.15, -0.1) is 23.1 Å². The van der Waals surface area contributed by atoms with Gasteiger partial charge in [0.1, 0.15) is 17.7 Å². The molecule has 0 aliphatic carbocycles. The van der Waals surface area contributed by atoms with E-state index in [0.29, 0.717) is 0 Å². The van der Waals surface area contributed by atoms with Crippen LogP contribution in [0.3, 0.4) is 0 Å². The lowest BCUT2D eigenvalue weighted by Gasteiger charge is -2.55. The number of nitrogens with one attached hydrogen (secondary N) is 1. The molecular weight excluding hydrogens is 440 g/mol. The zero-order valence-electron chi connectivity index (χ0n) is 15.5. The van der Waals surface area contributed by atoms with Crippen LogP contribution in [-0.2, 0) is 41.1 Å². The van der Waals surface area contributed by atoms with Gasteiger partial charge in [0.05, 0.1) is 17.2 Å². The number of aliphatic carboxylic acids is 1. The summed E-state index contributed by atoms with van der Waals surface area (Å²) in [6.07, 6.45) is 1.33. The van der Waals surface area contributed by atoms with E-state index < -0.39 is 44.8 Å². The van der Waals surface area contributed by atoms with E-state index in [1.54, 1.807) is 12.1 Å². The van der Waals surface area contributed by atoms with E-state index in [1.807, 2.05) is 5.38 Å². The lowest BCUT2D eigenvalue weighted by atomic mass is 10.0. The summed E-state index contributed by atoms with van der Waals surface area (Å²) >= 11 is 2.55. The molecule has 156 valence electrons. The Labute approximate surface area is 176 Å². The Bertz CT molecular complexity index is 927. The van der Waals surface area contributed by atoms with Crippen molar-refractivity contribution in [1.29, 1.82) is 0 Å². The molecule has 3 atom stereocenters. The molecule has 2 N–H and O–H groups in total. The second-order valence-electron chi connectivity index (χ2n) is 6.37. The van der Waals surface area contributed by atoms with Gasteiger partial charge in [0, 0.05) is 29.4 Å². The summed E-state index contributed by atoms with van der Waals surface area (Å²) in [5.41, 5.74) is -0.0312. The molecule has 0 spiro atoms. The minimum atomic E-state index is -1.79. The van der Waals surface area contributed by atoms with Gasteiger partial charge in [-0.3, -0.25) is 23.5 Å². The third-order valence-electron chi connectivity index (χ3n) is 4.46. The molecular formula is C17H18N2O7S3. The number of hydrogen-bond donors (Lipinski definition) is 2. The molecule has 1 aromatic rings. The van der Waals surface area contributed by atoms with E-state index in [2.05, 4.69) is 5.32 Å². The zero-order chi connectivity index (χ0) is 21.3. The van der Waals surface area contributed by atoms with Crippen molar-refractivity contribution in [2.45, 2.75) is 23.6 Å². The van der Waals surface area contributed by atoms with Crippen molar-refractivity contribution >= 4 is 57.7 Å². The fourth-order valence-corrected chi connectivity index (χ4v) is 6.79. The van der Waals surface area contributed by atoms with Crippen LogP contribution in [0, 0.1) is 0 Å². The molecule has 2 aliphatic heterocycles. The number of amides is 2. The van der Waals surface area contributed by atoms with Gasteiger partial charge >= 0.3 is 11.9 Å². The molecule has 3 rings (SSSR count). The molecule has 1 fully saturated rings. The summed E-state index contributed by atoms with van der Waals surface area (Å²) in [6.45, 7) is 0.941. The number of fused-ring (bicyclic) bond motifs is 1. The number of β-lactam (4-membered cyclic amide) rings is 1. The second kappa shape index (κ2) is 8.28. The molecule has 1 saturated heterocycles. The van der Waals surface area contributed by atoms with Crippen LogP contribution in [-0.4, -0.2) is 66.8 Å². The summed E-state index contributed by atoms with van der Waals surface area (Å²) < 4.78 is 17.4. The number of thiophene rings is 1. The van der Waals surface area contributed by atoms with E-state index in [-0.39, 0.29) is 30.1 Å². The van der Waals surface area contributed by atoms with Crippen LogP contribution in [0.15, 0.2) is 28.8 Å². The maximum Gasteiger partial charge on any atom is 0.352 e. The van der Waals surface area contributed by atoms with Crippen molar-refractivity contribution in [1.82, 2.24) is 10.2 Å². The van der Waals surface area contributed by atoms with Crippen molar-refractivity contribution in [2.75, 3.05) is 18.6 Å². The fraction of sp³-hybridized carbons (Fsp3) is 0.412. The molecule has 9 nitrogen and oxygen atoms in total. The highest BCUT2D eigenvalue weighted by molar-refractivity contribution is 8.01. The Kier molecular flexibility index (Phi) is 6.15. The number of esters is 1. The predicted molar refractivity (Wildman–Crippen MR) is 107 cm³/mol. The van der Waals surface area contributed by atoms with Crippen LogP contribution < -0.4 is 5.32 Å². The number of carbonyl (C=O) groups is 4. The maximum absolute atomic E-state index is 13.0. The molecule has 12 heteroatoms. The van der Waals surface area contributed by atoms with E-state index in [0.717, 1.165) is 9.78 Å². The van der Waals surface area contributed by atoms with Crippen molar-refractivity contribution in [3.05, 3.63) is 33.7 Å². The van der Waals surface area contributed by atoms with Crippen molar-refractivity contribution in [2.24, 2.45) is 0 Å². The summed E-state index contributed by atoms with van der Waals surface area (Å²) in [6, 6.07) is 3.57. The van der Waals surface area contributed by atoms with Crippen molar-refractivity contribution < 1.29 is 33.2 Å². The second-order valence-corrected chi connectivity index (χ2v) is 10.0. The molecule has 3 heterocycles. The number of thioether (sulfide) groups is 1. The van der Waals surface area contributed by atoms with Crippen LogP contribution >= 0.6 is 23.1 Å². The third kappa shape index (κ3) is 3.83. The molecule has 2 unspecified atom stereocenters. The largest absolute Gasteiger partial charge is 0.477 e. The molecule has 0 radical (unpaired) electrons. The van der Waals surface area contributed by atoms with Gasteiger partial charge in [-0.1, -0.05) is 6.07 Å². The number of carbonyl (C=O) groups excluding carboxylic acids is 3. The quantitative estimate of drug-likeness (QED) is 0.441. The first-order valence-electron chi connectivity index (χ1n) is 8.39. The van der Waals surface area contributed by atoms with Crippen LogP contribution in [0.1, 0.15) is 11.8 Å². The van der Waals surface area contributed by atoms with Crippen LogP contribution in [0.4, 0.5) is 0 Å². The average Bonchev–Trinajstić information content (AvgIpc) is 3.15. The summed E-state index contributed by atoms with van der Waals surface area (Å²) in [7, 11) is -1.79. The van der Waals surface area contributed by atoms with Crippen LogP contribution in [0.25, 0.3) is 0 Å². The molecule has 2 amide bonds. The lowest BCUT2D eigenvalue weighted by molar-refractivity contribution is -0.153. The van der Waals surface area contributed by atoms with Gasteiger partial charge in [-0.05, 0) is 11.4 Å². The Morgan fingerprint density at radius 1 is 1.45 bits per heavy atom. The number of ether oxygens (including phenoxy) is 1. The standard InChI is InChI=1S/C17H18N2O7S3/c1-9(20)26-7-10-8-28-16-17(29(2)25,15(24)19(16)13(10)14(22)23)18-12(21)6-11-4-3-5-27-11/h3-5,16H,6-8H2,1-2H3,(H,18,21)(H,22,23)/t16-,17?,29?/m1/s1. The maximum atomic E-state index is 13.0. The van der Waals surface area contributed by atoms with E-state index in [4.69, 9.17) is 4.74 Å². The van der Waals surface area contributed by atoms with Gasteiger partial charge in [0.15, 0.2) is 0 Å². The van der Waals surface area contributed by atoms with E-state index in [1.165, 1.54) is 36.3 Å². The molecule has 0 bridgehead atoms. The van der Waals surface area contributed by atoms with Gasteiger partial charge in [0.2, 0.25) is 10.8 Å². The Hall–Kier alpha value is -2.18. The Balaban J connectivity index is 1.87. The molecule has 2 aliphatic rings. The Morgan fingerprint density at radius 2 is 2.17 bits per heavy atom. The van der Waals surface area contributed by atoms with Crippen LogP contribution in [0.2, 0.25) is 0 Å². The average molecular weight is 459 g/mol. The third-order valence-corrected chi connectivity index (χ3v) is 8.28. The first-order chi connectivity index (χ1) is 13.7.